The Morgan fingerprint density at radius 1 is 1.21 bits per heavy atom. The van der Waals surface area contributed by atoms with Gasteiger partial charge in [0.05, 0.1) is 28.2 Å². The molecule has 2 aromatic rings. The molecular weight excluding hydrogens is 272 g/mol. The number of nitrogens with zero attached hydrogens (tertiary/aromatic N) is 2. The number of hydrogen-bond acceptors (Lipinski definition) is 3. The molecule has 0 amide bonds. The van der Waals surface area contributed by atoms with Crippen LogP contribution in [0, 0.1) is 6.92 Å². The predicted octanol–water partition coefficient (Wildman–Crippen LogP) is 2.23. The first-order valence-electron chi connectivity index (χ1n) is 5.23. The van der Waals surface area contributed by atoms with Crippen LogP contribution in [0.5, 0.6) is 0 Å². The number of carboxylic acids is 2. The predicted molar refractivity (Wildman–Crippen MR) is 67.2 cm³/mol. The minimum absolute atomic E-state index is 0.0619. The highest BCUT2D eigenvalue weighted by molar-refractivity contribution is 6.33. The normalized spacial score (nSPS) is 10.4. The lowest BCUT2D eigenvalue weighted by molar-refractivity contribution is 0.0685. The average molecular weight is 281 g/mol. The molecule has 2 N–H and O–H groups in total. The average Bonchev–Trinajstić information content (AvgIpc) is 2.71. The van der Waals surface area contributed by atoms with Crippen LogP contribution in [0.2, 0.25) is 5.02 Å². The Kier molecular flexibility index (Phi) is 3.26. The van der Waals surface area contributed by atoms with E-state index < -0.39 is 11.9 Å². The molecule has 1 aromatic carbocycles. The van der Waals surface area contributed by atoms with Crippen molar-refractivity contribution in [2.75, 3.05) is 0 Å². The molecule has 0 bridgehead atoms. The summed E-state index contributed by atoms with van der Waals surface area (Å²) in [5.41, 5.74) is 0.843. The summed E-state index contributed by atoms with van der Waals surface area (Å²) in [7, 11) is 0. The second-order valence-electron chi connectivity index (χ2n) is 3.83. The molecule has 0 atom stereocenters. The zero-order valence-corrected chi connectivity index (χ0v) is 10.5. The van der Waals surface area contributed by atoms with Gasteiger partial charge in [0.1, 0.15) is 5.56 Å². The molecule has 0 spiro atoms. The number of carboxylic acid groups (broad SMARTS) is 2. The fourth-order valence-electron chi connectivity index (χ4n) is 1.69. The van der Waals surface area contributed by atoms with Crippen LogP contribution in [0.1, 0.15) is 26.4 Å². The third-order valence-electron chi connectivity index (χ3n) is 2.67. The van der Waals surface area contributed by atoms with E-state index in [1.807, 2.05) is 0 Å². The van der Waals surface area contributed by atoms with Gasteiger partial charge in [0.2, 0.25) is 0 Å². The fraction of sp³-hybridized carbons (Fsp3) is 0.0833. The second-order valence-corrected chi connectivity index (χ2v) is 4.24. The van der Waals surface area contributed by atoms with Gasteiger partial charge in [-0.2, -0.15) is 5.10 Å². The van der Waals surface area contributed by atoms with Crippen molar-refractivity contribution in [3.63, 3.8) is 0 Å². The van der Waals surface area contributed by atoms with Crippen molar-refractivity contribution >= 4 is 23.5 Å². The number of carbonyl (C=O) groups is 2. The van der Waals surface area contributed by atoms with Gasteiger partial charge in [-0.15, -0.1) is 0 Å². The summed E-state index contributed by atoms with van der Waals surface area (Å²) in [6.07, 6.45) is 1.21. The van der Waals surface area contributed by atoms with E-state index in [9.17, 15) is 9.59 Å². The maximum Gasteiger partial charge on any atom is 0.339 e. The summed E-state index contributed by atoms with van der Waals surface area (Å²) >= 11 is 5.77. The molecule has 0 aliphatic rings. The molecule has 1 heterocycles. The monoisotopic (exact) mass is 280 g/mol. The molecule has 6 nitrogen and oxygen atoms in total. The van der Waals surface area contributed by atoms with Crippen LogP contribution in [-0.2, 0) is 0 Å². The molecular formula is C12H9ClN2O4. The van der Waals surface area contributed by atoms with Gasteiger partial charge in [-0.05, 0) is 25.1 Å². The highest BCUT2D eigenvalue weighted by atomic mass is 35.5. The van der Waals surface area contributed by atoms with E-state index in [1.54, 1.807) is 13.0 Å². The van der Waals surface area contributed by atoms with E-state index >= 15 is 0 Å². The van der Waals surface area contributed by atoms with Crippen molar-refractivity contribution < 1.29 is 19.8 Å². The first kappa shape index (κ1) is 13.1. The van der Waals surface area contributed by atoms with Crippen LogP contribution in [0.4, 0.5) is 0 Å². The summed E-state index contributed by atoms with van der Waals surface area (Å²) in [6, 6.07) is 4.35. The van der Waals surface area contributed by atoms with E-state index in [4.69, 9.17) is 21.8 Å². The van der Waals surface area contributed by atoms with Crippen LogP contribution in [0.15, 0.2) is 24.4 Å². The third-order valence-corrected chi connectivity index (χ3v) is 2.99. The molecule has 1 aromatic heterocycles. The van der Waals surface area contributed by atoms with Crippen molar-refractivity contribution in [2.24, 2.45) is 0 Å². The molecule has 0 unspecified atom stereocenters. The van der Waals surface area contributed by atoms with E-state index in [0.29, 0.717) is 11.4 Å². The Morgan fingerprint density at radius 2 is 1.84 bits per heavy atom. The summed E-state index contributed by atoms with van der Waals surface area (Å²) in [4.78, 5) is 21.9. The Hall–Kier alpha value is -2.34. The summed E-state index contributed by atoms with van der Waals surface area (Å²) < 4.78 is 1.35. The molecule has 0 aliphatic carbocycles. The van der Waals surface area contributed by atoms with E-state index in [-0.39, 0.29) is 16.1 Å². The minimum Gasteiger partial charge on any atom is -0.478 e. The standard InChI is InChI=1S/C12H9ClN2O4/c1-6-9(12(18)19)5-14-15(6)7-2-3-10(13)8(4-7)11(16)17/h2-5H,1H3,(H,16,17)(H,18,19). The van der Waals surface area contributed by atoms with E-state index in [1.165, 1.54) is 23.0 Å². The fourth-order valence-corrected chi connectivity index (χ4v) is 1.89. The summed E-state index contributed by atoms with van der Waals surface area (Å²) in [5.74, 6) is -2.24. The van der Waals surface area contributed by atoms with Gasteiger partial charge in [-0.1, -0.05) is 11.6 Å². The number of rotatable bonds is 3. The lowest BCUT2D eigenvalue weighted by atomic mass is 10.2. The highest BCUT2D eigenvalue weighted by Crippen LogP contribution is 2.21. The smallest absolute Gasteiger partial charge is 0.339 e. The quantitative estimate of drug-likeness (QED) is 0.899. The van der Waals surface area contributed by atoms with Crippen LogP contribution in [-0.4, -0.2) is 31.9 Å². The SMILES string of the molecule is Cc1c(C(=O)O)cnn1-c1ccc(Cl)c(C(=O)O)c1. The Labute approximate surface area is 112 Å². The van der Waals surface area contributed by atoms with Crippen molar-refractivity contribution in [1.82, 2.24) is 9.78 Å². The first-order valence-corrected chi connectivity index (χ1v) is 5.60. The number of aromatic nitrogens is 2. The molecule has 2 rings (SSSR count). The number of benzene rings is 1. The van der Waals surface area contributed by atoms with E-state index in [0.717, 1.165) is 0 Å². The second kappa shape index (κ2) is 4.74. The lowest BCUT2D eigenvalue weighted by Gasteiger charge is -2.07. The molecule has 7 heteroatoms. The van der Waals surface area contributed by atoms with Crippen LogP contribution < -0.4 is 0 Å². The van der Waals surface area contributed by atoms with Gasteiger partial charge >= 0.3 is 11.9 Å². The lowest BCUT2D eigenvalue weighted by Crippen LogP contribution is -2.05. The summed E-state index contributed by atoms with van der Waals surface area (Å²) in [6.45, 7) is 1.59. The molecule has 0 radical (unpaired) electrons. The maximum atomic E-state index is 11.0. The highest BCUT2D eigenvalue weighted by Gasteiger charge is 2.16. The number of aromatic carboxylic acids is 2. The largest absolute Gasteiger partial charge is 0.478 e. The molecule has 0 saturated carbocycles. The van der Waals surface area contributed by atoms with Crippen LogP contribution in [0.3, 0.4) is 0 Å². The van der Waals surface area contributed by atoms with Gasteiger partial charge in [-0.3, -0.25) is 0 Å². The first-order chi connectivity index (χ1) is 8.91. The van der Waals surface area contributed by atoms with Crippen molar-refractivity contribution in [2.45, 2.75) is 6.92 Å². The minimum atomic E-state index is -1.16. The number of hydrogen-bond donors (Lipinski definition) is 2. The summed E-state index contributed by atoms with van der Waals surface area (Å²) in [5, 5.41) is 22.0. The van der Waals surface area contributed by atoms with Gasteiger partial charge in [-0.25, -0.2) is 14.3 Å². The van der Waals surface area contributed by atoms with Crippen molar-refractivity contribution in [3.8, 4) is 5.69 Å². The van der Waals surface area contributed by atoms with Crippen LogP contribution >= 0.6 is 11.6 Å². The molecule has 0 aliphatic heterocycles. The molecule has 0 fully saturated rings. The van der Waals surface area contributed by atoms with Gasteiger partial charge in [0, 0.05) is 0 Å². The van der Waals surface area contributed by atoms with Gasteiger partial charge in [0.25, 0.3) is 0 Å². The number of halogens is 1. The zero-order valence-electron chi connectivity index (χ0n) is 9.79. The molecule has 98 valence electrons. The molecule has 0 saturated heterocycles. The zero-order chi connectivity index (χ0) is 14.2. The Morgan fingerprint density at radius 3 is 2.37 bits per heavy atom. The Balaban J connectivity index is 2.57. The molecule has 19 heavy (non-hydrogen) atoms. The van der Waals surface area contributed by atoms with Crippen LogP contribution in [0.25, 0.3) is 5.69 Å². The van der Waals surface area contributed by atoms with Gasteiger partial charge in [0.15, 0.2) is 0 Å². The van der Waals surface area contributed by atoms with Crippen molar-refractivity contribution in [1.29, 1.82) is 0 Å². The topological polar surface area (TPSA) is 92.4 Å². The third kappa shape index (κ3) is 2.30. The van der Waals surface area contributed by atoms with E-state index in [2.05, 4.69) is 5.10 Å². The van der Waals surface area contributed by atoms with Gasteiger partial charge < -0.3 is 10.2 Å². The van der Waals surface area contributed by atoms with Crippen molar-refractivity contribution in [3.05, 3.63) is 46.2 Å². The maximum absolute atomic E-state index is 11.0. The Bertz CT molecular complexity index is 678.